The maximum absolute atomic E-state index is 13.3. The molecular weight excluding hydrogens is 532 g/mol. The van der Waals surface area contributed by atoms with Crippen LogP contribution in [0, 0.1) is 0 Å². The molecule has 2 aromatic carbocycles. The average molecular weight is 561 g/mol. The Morgan fingerprint density at radius 1 is 1.06 bits per heavy atom. The van der Waals surface area contributed by atoms with Gasteiger partial charge in [-0.25, -0.2) is 0 Å². The van der Waals surface area contributed by atoms with Crippen molar-refractivity contribution in [1.82, 2.24) is 9.80 Å². The zero-order valence-corrected chi connectivity index (χ0v) is 21.8. The maximum Gasteiger partial charge on any atom is 0.295 e. The standard InChI is InChI=1S/C26H29BrN2O7/c1-34-20-7-4-16(14-21(20)35-2)23-22(24(31)18-15-17(27)5-6-19(18)30)25(32)26(33)29(23)9-3-8-28-10-12-36-13-11-28/h4-7,14-15,23,30-31H,3,8-13H2,1-2H3/b24-22+. The third kappa shape index (κ3) is 5.21. The van der Waals surface area contributed by atoms with Gasteiger partial charge in [0.2, 0.25) is 0 Å². The number of aromatic hydroxyl groups is 1. The van der Waals surface area contributed by atoms with Gasteiger partial charge in [-0.05, 0) is 42.3 Å². The predicted molar refractivity (Wildman–Crippen MR) is 136 cm³/mol. The van der Waals surface area contributed by atoms with E-state index < -0.39 is 23.5 Å². The topological polar surface area (TPSA) is 109 Å². The lowest BCUT2D eigenvalue weighted by molar-refractivity contribution is -0.140. The van der Waals surface area contributed by atoms with Crippen LogP contribution in [-0.4, -0.2) is 85.3 Å². The highest BCUT2D eigenvalue weighted by Gasteiger charge is 2.46. The van der Waals surface area contributed by atoms with Gasteiger partial charge in [0.05, 0.1) is 44.6 Å². The summed E-state index contributed by atoms with van der Waals surface area (Å²) in [4.78, 5) is 30.2. The van der Waals surface area contributed by atoms with Crippen molar-refractivity contribution in [3.63, 3.8) is 0 Å². The fourth-order valence-corrected chi connectivity index (χ4v) is 4.97. The van der Waals surface area contributed by atoms with Crippen LogP contribution >= 0.6 is 15.9 Å². The summed E-state index contributed by atoms with van der Waals surface area (Å²) in [5, 5.41) is 21.6. The van der Waals surface area contributed by atoms with Crippen LogP contribution in [-0.2, 0) is 14.3 Å². The van der Waals surface area contributed by atoms with Crippen molar-refractivity contribution in [3.05, 3.63) is 57.6 Å². The summed E-state index contributed by atoms with van der Waals surface area (Å²) >= 11 is 3.33. The van der Waals surface area contributed by atoms with Gasteiger partial charge in [0, 0.05) is 30.7 Å². The number of Topliss-reactive ketones (excluding diaryl/α,β-unsaturated/α-hetero) is 1. The molecule has 1 unspecified atom stereocenters. The largest absolute Gasteiger partial charge is 0.507 e. The molecule has 1 atom stereocenters. The van der Waals surface area contributed by atoms with Crippen LogP contribution in [0.25, 0.3) is 5.76 Å². The minimum absolute atomic E-state index is 0.0566. The van der Waals surface area contributed by atoms with E-state index in [0.29, 0.717) is 47.7 Å². The maximum atomic E-state index is 13.3. The zero-order chi connectivity index (χ0) is 25.8. The van der Waals surface area contributed by atoms with Gasteiger partial charge in [-0.3, -0.25) is 14.5 Å². The number of benzene rings is 2. The van der Waals surface area contributed by atoms with Crippen LogP contribution in [0.2, 0.25) is 0 Å². The molecule has 2 heterocycles. The number of halogens is 1. The van der Waals surface area contributed by atoms with E-state index in [4.69, 9.17) is 14.2 Å². The molecule has 2 saturated heterocycles. The number of carbonyl (C=O) groups excluding carboxylic acids is 2. The van der Waals surface area contributed by atoms with Gasteiger partial charge in [-0.2, -0.15) is 0 Å². The van der Waals surface area contributed by atoms with E-state index in [9.17, 15) is 19.8 Å². The van der Waals surface area contributed by atoms with Crippen molar-refractivity contribution < 1.29 is 34.0 Å². The molecule has 0 aromatic heterocycles. The number of ether oxygens (including phenoxy) is 3. The summed E-state index contributed by atoms with van der Waals surface area (Å²) < 4.78 is 16.8. The summed E-state index contributed by atoms with van der Waals surface area (Å²) in [7, 11) is 3.02. The second kappa shape index (κ2) is 11.3. The van der Waals surface area contributed by atoms with Crippen molar-refractivity contribution >= 4 is 33.4 Å². The number of aliphatic hydroxyl groups is 1. The zero-order valence-electron chi connectivity index (χ0n) is 20.2. The van der Waals surface area contributed by atoms with Crippen LogP contribution in [0.1, 0.15) is 23.6 Å². The quantitative estimate of drug-likeness (QED) is 0.287. The average Bonchev–Trinajstić information content (AvgIpc) is 3.15. The van der Waals surface area contributed by atoms with Crippen LogP contribution in [0.15, 0.2) is 46.4 Å². The molecule has 2 aromatic rings. The number of phenolic OH excluding ortho intramolecular Hbond substituents is 1. The Hall–Kier alpha value is -3.08. The van der Waals surface area contributed by atoms with Crippen molar-refractivity contribution in [2.75, 3.05) is 53.6 Å². The van der Waals surface area contributed by atoms with Crippen LogP contribution in [0.3, 0.4) is 0 Å². The number of ketones is 1. The lowest BCUT2D eigenvalue weighted by atomic mass is 9.94. The lowest BCUT2D eigenvalue weighted by Crippen LogP contribution is -2.39. The molecule has 0 saturated carbocycles. The van der Waals surface area contributed by atoms with Crippen molar-refractivity contribution in [2.45, 2.75) is 12.5 Å². The molecule has 0 radical (unpaired) electrons. The molecule has 2 fully saturated rings. The highest BCUT2D eigenvalue weighted by Crippen LogP contribution is 2.43. The molecule has 4 rings (SSSR count). The highest BCUT2D eigenvalue weighted by atomic mass is 79.9. The van der Waals surface area contributed by atoms with Crippen molar-refractivity contribution in [1.29, 1.82) is 0 Å². The fraction of sp³-hybridized carbons (Fsp3) is 0.385. The third-order valence-electron chi connectivity index (χ3n) is 6.45. The van der Waals surface area contributed by atoms with Crippen molar-refractivity contribution in [3.8, 4) is 17.2 Å². The summed E-state index contributed by atoms with van der Waals surface area (Å²) in [5.41, 5.74) is 0.544. The first-order chi connectivity index (χ1) is 17.3. The van der Waals surface area contributed by atoms with Crippen LogP contribution in [0.5, 0.6) is 17.2 Å². The second-order valence-corrected chi connectivity index (χ2v) is 9.49. The number of amides is 1. The highest BCUT2D eigenvalue weighted by molar-refractivity contribution is 9.10. The molecule has 2 aliphatic heterocycles. The Kier molecular flexibility index (Phi) is 8.17. The van der Waals surface area contributed by atoms with E-state index in [-0.39, 0.29) is 16.9 Å². The van der Waals surface area contributed by atoms with Gasteiger partial charge in [-0.1, -0.05) is 22.0 Å². The summed E-state index contributed by atoms with van der Waals surface area (Å²) in [5.74, 6) is -1.23. The molecule has 1 amide bonds. The molecular formula is C26H29BrN2O7. The second-order valence-electron chi connectivity index (χ2n) is 8.58. The minimum atomic E-state index is -0.868. The Balaban J connectivity index is 1.75. The molecule has 0 spiro atoms. The van der Waals surface area contributed by atoms with Gasteiger partial charge >= 0.3 is 0 Å². The first kappa shape index (κ1) is 26.0. The van der Waals surface area contributed by atoms with E-state index >= 15 is 0 Å². The monoisotopic (exact) mass is 560 g/mol. The molecule has 0 aliphatic carbocycles. The number of aliphatic hydroxyl groups excluding tert-OH is 1. The fourth-order valence-electron chi connectivity index (χ4n) is 4.61. The van der Waals surface area contributed by atoms with E-state index in [1.54, 1.807) is 24.3 Å². The van der Waals surface area contributed by atoms with Gasteiger partial charge in [0.1, 0.15) is 11.5 Å². The molecule has 192 valence electrons. The molecule has 36 heavy (non-hydrogen) atoms. The number of phenols is 1. The predicted octanol–water partition coefficient (Wildman–Crippen LogP) is 3.32. The Bertz CT molecular complexity index is 1180. The number of likely N-dealkylation sites (tertiary alicyclic amines) is 1. The number of hydrogen-bond acceptors (Lipinski definition) is 8. The minimum Gasteiger partial charge on any atom is -0.507 e. The van der Waals surface area contributed by atoms with Crippen LogP contribution in [0.4, 0.5) is 0 Å². The van der Waals surface area contributed by atoms with Gasteiger partial charge in [-0.15, -0.1) is 0 Å². The van der Waals surface area contributed by atoms with E-state index in [0.717, 1.165) is 19.6 Å². The Morgan fingerprint density at radius 2 is 1.78 bits per heavy atom. The number of morpholine rings is 1. The van der Waals surface area contributed by atoms with E-state index in [1.807, 2.05) is 0 Å². The number of nitrogens with zero attached hydrogens (tertiary/aromatic N) is 2. The molecule has 0 bridgehead atoms. The lowest BCUT2D eigenvalue weighted by Gasteiger charge is -2.29. The summed E-state index contributed by atoms with van der Waals surface area (Å²) in [6.07, 6.45) is 0.638. The summed E-state index contributed by atoms with van der Waals surface area (Å²) in [6, 6.07) is 8.78. The van der Waals surface area contributed by atoms with Crippen molar-refractivity contribution in [2.24, 2.45) is 0 Å². The SMILES string of the molecule is COc1ccc(C2/C(=C(\O)c3cc(Br)ccc3O)C(=O)C(=O)N2CCCN2CCOCC2)cc1OC. The van der Waals surface area contributed by atoms with Crippen LogP contribution < -0.4 is 9.47 Å². The Labute approximate surface area is 218 Å². The molecule has 10 heteroatoms. The normalized spacial score (nSPS) is 20.1. The van der Waals surface area contributed by atoms with E-state index in [1.165, 1.54) is 31.3 Å². The molecule has 9 nitrogen and oxygen atoms in total. The molecule has 2 N–H and O–H groups in total. The van der Waals surface area contributed by atoms with Gasteiger partial charge < -0.3 is 29.3 Å². The number of methoxy groups -OCH3 is 2. The molecule has 2 aliphatic rings. The number of hydrogen-bond donors (Lipinski definition) is 2. The first-order valence-corrected chi connectivity index (χ1v) is 12.4. The number of carbonyl (C=O) groups is 2. The number of rotatable bonds is 8. The van der Waals surface area contributed by atoms with E-state index in [2.05, 4.69) is 20.8 Å². The smallest absolute Gasteiger partial charge is 0.295 e. The van der Waals surface area contributed by atoms with Gasteiger partial charge in [0.25, 0.3) is 11.7 Å². The summed E-state index contributed by atoms with van der Waals surface area (Å²) in [6.45, 7) is 4.04. The Morgan fingerprint density at radius 3 is 2.47 bits per heavy atom. The van der Waals surface area contributed by atoms with Gasteiger partial charge in [0.15, 0.2) is 11.5 Å². The third-order valence-corrected chi connectivity index (χ3v) is 6.95. The first-order valence-electron chi connectivity index (χ1n) is 11.6.